The Morgan fingerprint density at radius 2 is 1.93 bits per heavy atom. The van der Waals surface area contributed by atoms with Gasteiger partial charge in [-0.05, 0) is 67.1 Å². The topological polar surface area (TPSA) is 142 Å². The molecule has 0 amide bonds. The number of hydrogen-bond donors (Lipinski definition) is 1. The Bertz CT molecular complexity index is 1660. The van der Waals surface area contributed by atoms with Crippen molar-refractivity contribution < 1.29 is 33.5 Å². The molecule has 0 spiro atoms. The summed E-state index contributed by atoms with van der Waals surface area (Å²) in [6.45, 7) is 10.5. The highest BCUT2D eigenvalue weighted by Crippen LogP contribution is 2.40. The number of nitro benzene ring substituents is 1. The molecule has 1 fully saturated rings. The zero-order valence-electron chi connectivity index (χ0n) is 26.6. The fraction of sp³-hybridized carbons (Fsp3) is 0.515. The van der Waals surface area contributed by atoms with E-state index in [0.29, 0.717) is 66.0 Å². The molecule has 242 valence electrons. The van der Waals surface area contributed by atoms with E-state index in [9.17, 15) is 24.8 Å². The Morgan fingerprint density at radius 3 is 2.60 bits per heavy atom. The van der Waals surface area contributed by atoms with Gasteiger partial charge in [-0.1, -0.05) is 32.6 Å². The maximum atomic E-state index is 13.3. The molecule has 2 aromatic carbocycles. The second-order valence-corrected chi connectivity index (χ2v) is 18.9. The highest BCUT2D eigenvalue weighted by atomic mass is 28.3. The normalized spacial score (nSPS) is 16.8. The third kappa shape index (κ3) is 7.20. The van der Waals surface area contributed by atoms with Crippen LogP contribution >= 0.6 is 0 Å². The predicted molar refractivity (Wildman–Crippen MR) is 171 cm³/mol. The summed E-state index contributed by atoms with van der Waals surface area (Å²) in [5.74, 6) is -1.02. The number of nitrogens with zero attached hydrogens (tertiary/aromatic N) is 2. The van der Waals surface area contributed by atoms with Gasteiger partial charge in [-0.3, -0.25) is 10.1 Å². The fourth-order valence-corrected chi connectivity index (χ4v) is 6.85. The molecule has 0 saturated carbocycles. The second kappa shape index (κ2) is 13.5. The van der Waals surface area contributed by atoms with Crippen molar-refractivity contribution in [1.82, 2.24) is 4.90 Å². The van der Waals surface area contributed by atoms with Crippen LogP contribution in [0.5, 0.6) is 0 Å². The molecule has 0 aliphatic carbocycles. The molecule has 1 saturated heterocycles. The Balaban J connectivity index is 1.56. The van der Waals surface area contributed by atoms with Gasteiger partial charge in [0.1, 0.15) is 5.58 Å². The van der Waals surface area contributed by atoms with Crippen molar-refractivity contribution in [3.63, 3.8) is 0 Å². The average Bonchev–Trinajstić information content (AvgIpc) is 3.00. The average molecular weight is 639 g/mol. The van der Waals surface area contributed by atoms with Crippen molar-refractivity contribution in [2.75, 3.05) is 33.4 Å². The zero-order valence-corrected chi connectivity index (χ0v) is 27.6. The maximum absolute atomic E-state index is 13.3. The number of nitro groups is 1. The Kier molecular flexibility index (Phi) is 9.90. The van der Waals surface area contributed by atoms with Crippen LogP contribution in [0.15, 0.2) is 33.5 Å². The molecule has 3 heterocycles. The first-order chi connectivity index (χ1) is 21.4. The molecule has 12 heteroatoms. The van der Waals surface area contributed by atoms with E-state index in [1.165, 1.54) is 6.07 Å². The first-order valence-corrected chi connectivity index (χ1v) is 19.2. The van der Waals surface area contributed by atoms with E-state index in [0.717, 1.165) is 23.5 Å². The molecule has 1 unspecified atom stereocenters. The van der Waals surface area contributed by atoms with Gasteiger partial charge >= 0.3 is 11.6 Å². The SMILES string of the molecule is CC(Cc1c(CO)cc2c3c(c(=O)oc2c1C1OCCCO1)CN(C)CC3)c1ccc(C(=O)OCC[Si](C)(C)C)cc1[N+](=O)[O-]. The van der Waals surface area contributed by atoms with Gasteiger partial charge in [0.15, 0.2) is 6.29 Å². The number of rotatable bonds is 10. The van der Waals surface area contributed by atoms with E-state index in [4.69, 9.17) is 18.6 Å². The third-order valence-corrected chi connectivity index (χ3v) is 10.3. The molecule has 11 nitrogen and oxygen atoms in total. The first-order valence-electron chi connectivity index (χ1n) is 15.5. The lowest BCUT2D eigenvalue weighted by Gasteiger charge is -2.30. The second-order valence-electron chi connectivity index (χ2n) is 13.3. The van der Waals surface area contributed by atoms with E-state index >= 15 is 0 Å². The minimum Gasteiger partial charge on any atom is -0.462 e. The van der Waals surface area contributed by atoms with Crippen molar-refractivity contribution in [2.45, 2.75) is 77.2 Å². The number of carbonyl (C=O) groups is 1. The van der Waals surface area contributed by atoms with Crippen LogP contribution in [0.3, 0.4) is 0 Å². The van der Waals surface area contributed by atoms with Crippen LogP contribution in [0, 0.1) is 10.1 Å². The van der Waals surface area contributed by atoms with Crippen LogP contribution in [0.1, 0.15) is 69.3 Å². The Hall–Kier alpha value is -3.42. The fourth-order valence-electron chi connectivity index (χ4n) is 6.13. The van der Waals surface area contributed by atoms with E-state index in [-0.39, 0.29) is 30.9 Å². The summed E-state index contributed by atoms with van der Waals surface area (Å²) >= 11 is 0. The summed E-state index contributed by atoms with van der Waals surface area (Å²) in [4.78, 5) is 39.8. The van der Waals surface area contributed by atoms with Crippen LogP contribution < -0.4 is 5.63 Å². The number of aliphatic hydroxyl groups is 1. The molecule has 0 radical (unpaired) electrons. The number of aliphatic hydroxyl groups excluding tert-OH is 1. The van der Waals surface area contributed by atoms with E-state index in [1.54, 1.807) is 12.1 Å². The lowest BCUT2D eigenvalue weighted by molar-refractivity contribution is -0.385. The summed E-state index contributed by atoms with van der Waals surface area (Å²) in [5, 5.41) is 23.6. The quantitative estimate of drug-likeness (QED) is 0.100. The lowest BCUT2D eigenvalue weighted by atomic mass is 9.85. The monoisotopic (exact) mass is 638 g/mol. The summed E-state index contributed by atoms with van der Waals surface area (Å²) in [6.07, 6.45) is 0.796. The molecular formula is C33H42N2O9Si. The molecule has 1 N–H and O–H groups in total. The van der Waals surface area contributed by atoms with Gasteiger partial charge in [0.25, 0.3) is 5.69 Å². The number of ether oxygens (including phenoxy) is 3. The molecule has 1 aromatic heterocycles. The highest BCUT2D eigenvalue weighted by Gasteiger charge is 2.32. The number of fused-ring (bicyclic) bond motifs is 3. The van der Waals surface area contributed by atoms with Crippen molar-refractivity contribution in [3.8, 4) is 0 Å². The highest BCUT2D eigenvalue weighted by molar-refractivity contribution is 6.76. The first kappa shape index (κ1) is 33.0. The van der Waals surface area contributed by atoms with Gasteiger partial charge in [0, 0.05) is 38.2 Å². The van der Waals surface area contributed by atoms with E-state index in [2.05, 4.69) is 24.5 Å². The standard InChI is InChI=1S/C33H42N2O9Si/c1-20(23-8-7-21(17-28(23)35(39)40)31(37)41-13-14-45(3,4)5)15-25-22(19-36)16-26-24-9-10-34(2)18-27(24)32(38)44-30(26)29(25)33-42-11-6-12-43-33/h7-8,16-17,20,33,36H,6,9-15,18-19H2,1-5H3. The molecule has 2 aliphatic rings. The molecule has 0 bridgehead atoms. The zero-order chi connectivity index (χ0) is 32.5. The van der Waals surface area contributed by atoms with Gasteiger partial charge < -0.3 is 28.6 Å². The Labute approximate surface area is 263 Å². The molecule has 3 aromatic rings. The summed E-state index contributed by atoms with van der Waals surface area (Å²) in [7, 11) is 0.535. The van der Waals surface area contributed by atoms with Gasteiger partial charge in [-0.15, -0.1) is 0 Å². The van der Waals surface area contributed by atoms with Crippen LogP contribution in [-0.4, -0.2) is 62.4 Å². The van der Waals surface area contributed by atoms with Crippen molar-refractivity contribution in [2.24, 2.45) is 0 Å². The van der Waals surface area contributed by atoms with E-state index in [1.807, 2.05) is 20.0 Å². The van der Waals surface area contributed by atoms with Gasteiger partial charge in [-0.2, -0.15) is 0 Å². The minimum absolute atomic E-state index is 0.122. The Morgan fingerprint density at radius 1 is 1.20 bits per heavy atom. The molecular weight excluding hydrogens is 596 g/mol. The van der Waals surface area contributed by atoms with Crippen LogP contribution in [0.4, 0.5) is 5.69 Å². The van der Waals surface area contributed by atoms with Crippen LogP contribution in [0.25, 0.3) is 11.0 Å². The lowest BCUT2D eigenvalue weighted by Crippen LogP contribution is -2.31. The van der Waals surface area contributed by atoms with Crippen molar-refractivity contribution in [1.29, 1.82) is 0 Å². The number of hydrogen-bond acceptors (Lipinski definition) is 10. The van der Waals surface area contributed by atoms with Gasteiger partial charge in [-0.25, -0.2) is 9.59 Å². The van der Waals surface area contributed by atoms with Crippen LogP contribution in [0.2, 0.25) is 25.7 Å². The molecule has 2 aliphatic heterocycles. The van der Waals surface area contributed by atoms with Crippen molar-refractivity contribution >= 4 is 30.7 Å². The molecule has 1 atom stereocenters. The minimum atomic E-state index is -1.42. The van der Waals surface area contributed by atoms with Crippen molar-refractivity contribution in [3.05, 3.63) is 83.7 Å². The number of carbonyl (C=O) groups excluding carboxylic acids is 1. The maximum Gasteiger partial charge on any atom is 0.341 e. The number of benzene rings is 2. The molecule has 45 heavy (non-hydrogen) atoms. The summed E-state index contributed by atoms with van der Waals surface area (Å²) in [5.41, 5.74) is 3.61. The van der Waals surface area contributed by atoms with Gasteiger partial charge in [0.05, 0.1) is 48.0 Å². The largest absolute Gasteiger partial charge is 0.462 e. The summed E-state index contributed by atoms with van der Waals surface area (Å²) < 4.78 is 23.5. The third-order valence-electron chi connectivity index (χ3n) is 8.65. The van der Waals surface area contributed by atoms with E-state index < -0.39 is 36.8 Å². The number of esters is 1. The summed E-state index contributed by atoms with van der Waals surface area (Å²) in [6, 6.07) is 7.08. The number of likely N-dealkylation sites (N-methyl/N-ethyl adjacent to an activating group) is 1. The molecule has 5 rings (SSSR count). The predicted octanol–water partition coefficient (Wildman–Crippen LogP) is 5.46. The van der Waals surface area contributed by atoms with Gasteiger partial charge in [0.2, 0.25) is 0 Å². The van der Waals surface area contributed by atoms with Crippen LogP contribution in [-0.2, 0) is 40.2 Å². The smallest absolute Gasteiger partial charge is 0.341 e.